The molecule has 0 N–H and O–H groups in total. The summed E-state index contributed by atoms with van der Waals surface area (Å²) in [6.45, 7) is 3.12. The number of amides is 1. The second kappa shape index (κ2) is 7.60. The Labute approximate surface area is 130 Å². The van der Waals surface area contributed by atoms with E-state index in [-0.39, 0.29) is 18.3 Å². The quantitative estimate of drug-likeness (QED) is 0.725. The molecular formula is C17H20N2O3. The lowest BCUT2D eigenvalue weighted by atomic mass is 10.1. The molecule has 0 saturated heterocycles. The zero-order chi connectivity index (χ0) is 15.9. The summed E-state index contributed by atoms with van der Waals surface area (Å²) in [5.74, 6) is 0.112. The number of carbonyl (C=O) groups excluding carboxylic acids is 2. The van der Waals surface area contributed by atoms with Crippen molar-refractivity contribution in [3.8, 4) is 6.07 Å². The van der Waals surface area contributed by atoms with Crippen LogP contribution in [0.3, 0.4) is 0 Å². The molecule has 1 fully saturated rings. The van der Waals surface area contributed by atoms with Gasteiger partial charge < -0.3 is 9.64 Å². The fourth-order valence-corrected chi connectivity index (χ4v) is 2.25. The van der Waals surface area contributed by atoms with Gasteiger partial charge in [-0.25, -0.2) is 0 Å². The Morgan fingerprint density at radius 2 is 2.18 bits per heavy atom. The van der Waals surface area contributed by atoms with Gasteiger partial charge in [-0.2, -0.15) is 5.26 Å². The van der Waals surface area contributed by atoms with Gasteiger partial charge in [0.25, 0.3) is 5.91 Å². The summed E-state index contributed by atoms with van der Waals surface area (Å²) >= 11 is 0. The molecule has 0 bridgehead atoms. The van der Waals surface area contributed by atoms with Gasteiger partial charge >= 0.3 is 5.97 Å². The number of esters is 1. The molecular weight excluding hydrogens is 280 g/mol. The molecule has 2 rings (SSSR count). The molecule has 1 amide bonds. The second-order valence-corrected chi connectivity index (χ2v) is 5.44. The smallest absolute Gasteiger partial charge is 0.307 e. The predicted octanol–water partition coefficient (Wildman–Crippen LogP) is 2.36. The van der Waals surface area contributed by atoms with E-state index < -0.39 is 0 Å². The van der Waals surface area contributed by atoms with Crippen LogP contribution in [0.1, 0.15) is 42.1 Å². The maximum absolute atomic E-state index is 12.6. The highest BCUT2D eigenvalue weighted by Crippen LogP contribution is 2.30. The monoisotopic (exact) mass is 300 g/mol. The minimum Gasteiger partial charge on any atom is -0.466 e. The van der Waals surface area contributed by atoms with Crippen molar-refractivity contribution < 1.29 is 14.3 Å². The summed E-state index contributed by atoms with van der Waals surface area (Å²) in [7, 11) is 0. The third-order valence-electron chi connectivity index (χ3n) is 3.59. The van der Waals surface area contributed by atoms with Crippen molar-refractivity contribution >= 4 is 11.9 Å². The van der Waals surface area contributed by atoms with Gasteiger partial charge in [-0.15, -0.1) is 0 Å². The Morgan fingerprint density at radius 1 is 1.41 bits per heavy atom. The van der Waals surface area contributed by atoms with Crippen LogP contribution >= 0.6 is 0 Å². The topological polar surface area (TPSA) is 70.4 Å². The zero-order valence-corrected chi connectivity index (χ0v) is 12.7. The highest BCUT2D eigenvalue weighted by molar-refractivity contribution is 5.94. The standard InChI is InChI=1S/C17H20N2O3/c1-2-22-16(20)8-9-19(12-13-6-7-13)17(21)15-5-3-4-14(10-15)11-18/h3-5,10,13H,2,6-9,12H2,1H3. The number of hydrogen-bond acceptors (Lipinski definition) is 4. The van der Waals surface area contributed by atoms with Gasteiger partial charge in [0, 0.05) is 18.7 Å². The van der Waals surface area contributed by atoms with E-state index >= 15 is 0 Å². The average molecular weight is 300 g/mol. The van der Waals surface area contributed by atoms with Crippen molar-refractivity contribution in [2.24, 2.45) is 5.92 Å². The number of rotatable bonds is 7. The molecule has 1 aliphatic rings. The first-order valence-corrected chi connectivity index (χ1v) is 7.59. The largest absolute Gasteiger partial charge is 0.466 e. The molecule has 22 heavy (non-hydrogen) atoms. The van der Waals surface area contributed by atoms with E-state index in [0.29, 0.717) is 36.7 Å². The van der Waals surface area contributed by atoms with Crippen LogP contribution in [0.15, 0.2) is 24.3 Å². The fourth-order valence-electron chi connectivity index (χ4n) is 2.25. The summed E-state index contributed by atoms with van der Waals surface area (Å²) in [5.41, 5.74) is 0.950. The SMILES string of the molecule is CCOC(=O)CCN(CC1CC1)C(=O)c1cccc(C#N)c1. The molecule has 1 aromatic rings. The van der Waals surface area contributed by atoms with E-state index in [0.717, 1.165) is 12.8 Å². The Hall–Kier alpha value is -2.35. The van der Waals surface area contributed by atoms with Crippen LogP contribution in [0.2, 0.25) is 0 Å². The lowest BCUT2D eigenvalue weighted by Crippen LogP contribution is -2.35. The van der Waals surface area contributed by atoms with Gasteiger partial charge in [0.15, 0.2) is 0 Å². The van der Waals surface area contributed by atoms with Crippen LogP contribution in [-0.4, -0.2) is 36.5 Å². The molecule has 0 aromatic heterocycles. The van der Waals surface area contributed by atoms with Crippen molar-refractivity contribution in [2.75, 3.05) is 19.7 Å². The van der Waals surface area contributed by atoms with Crippen LogP contribution in [0.5, 0.6) is 0 Å². The van der Waals surface area contributed by atoms with E-state index in [1.54, 1.807) is 36.1 Å². The normalized spacial score (nSPS) is 13.3. The number of ether oxygens (including phenoxy) is 1. The minimum atomic E-state index is -0.290. The number of benzene rings is 1. The first-order chi connectivity index (χ1) is 10.6. The Bertz CT molecular complexity index is 588. The molecule has 116 valence electrons. The zero-order valence-electron chi connectivity index (χ0n) is 12.7. The Morgan fingerprint density at radius 3 is 2.82 bits per heavy atom. The molecule has 0 radical (unpaired) electrons. The van der Waals surface area contributed by atoms with Gasteiger partial charge in [-0.05, 0) is 43.9 Å². The van der Waals surface area contributed by atoms with Gasteiger partial charge in [-0.3, -0.25) is 9.59 Å². The number of nitriles is 1. The average Bonchev–Trinajstić information content (AvgIpc) is 3.35. The molecule has 0 unspecified atom stereocenters. The third-order valence-corrected chi connectivity index (χ3v) is 3.59. The number of carbonyl (C=O) groups is 2. The minimum absolute atomic E-state index is 0.131. The molecule has 5 heteroatoms. The molecule has 0 atom stereocenters. The van der Waals surface area contributed by atoms with E-state index in [4.69, 9.17) is 10.00 Å². The predicted molar refractivity (Wildman–Crippen MR) is 81.0 cm³/mol. The van der Waals surface area contributed by atoms with Crippen molar-refractivity contribution in [3.05, 3.63) is 35.4 Å². The van der Waals surface area contributed by atoms with E-state index in [2.05, 4.69) is 0 Å². The van der Waals surface area contributed by atoms with E-state index in [9.17, 15) is 9.59 Å². The van der Waals surface area contributed by atoms with Crippen LogP contribution in [0, 0.1) is 17.2 Å². The summed E-state index contributed by atoms with van der Waals surface area (Å²) < 4.78 is 4.91. The molecule has 1 saturated carbocycles. The Kier molecular flexibility index (Phi) is 5.54. The molecule has 0 aliphatic heterocycles. The molecule has 1 aliphatic carbocycles. The van der Waals surface area contributed by atoms with E-state index in [1.165, 1.54) is 0 Å². The maximum atomic E-state index is 12.6. The van der Waals surface area contributed by atoms with Crippen molar-refractivity contribution in [1.29, 1.82) is 5.26 Å². The highest BCUT2D eigenvalue weighted by atomic mass is 16.5. The maximum Gasteiger partial charge on any atom is 0.307 e. The summed E-state index contributed by atoms with van der Waals surface area (Å²) in [4.78, 5) is 25.8. The van der Waals surface area contributed by atoms with Crippen molar-refractivity contribution in [3.63, 3.8) is 0 Å². The Balaban J connectivity index is 2.04. The van der Waals surface area contributed by atoms with Gasteiger partial charge in [-0.1, -0.05) is 6.07 Å². The van der Waals surface area contributed by atoms with Crippen LogP contribution in [0.4, 0.5) is 0 Å². The fraction of sp³-hybridized carbons (Fsp3) is 0.471. The lowest BCUT2D eigenvalue weighted by molar-refractivity contribution is -0.143. The van der Waals surface area contributed by atoms with Gasteiger partial charge in [0.05, 0.1) is 24.7 Å². The molecule has 0 spiro atoms. The third kappa shape index (κ3) is 4.59. The first kappa shape index (κ1) is 16.0. The summed E-state index contributed by atoms with van der Waals surface area (Å²) in [6, 6.07) is 8.70. The molecule has 0 heterocycles. The second-order valence-electron chi connectivity index (χ2n) is 5.44. The van der Waals surface area contributed by atoms with E-state index in [1.807, 2.05) is 6.07 Å². The molecule has 5 nitrogen and oxygen atoms in total. The van der Waals surface area contributed by atoms with Crippen LogP contribution < -0.4 is 0 Å². The van der Waals surface area contributed by atoms with Crippen LogP contribution in [-0.2, 0) is 9.53 Å². The van der Waals surface area contributed by atoms with Gasteiger partial charge in [0.2, 0.25) is 0 Å². The first-order valence-electron chi connectivity index (χ1n) is 7.59. The van der Waals surface area contributed by atoms with Crippen LogP contribution in [0.25, 0.3) is 0 Å². The molecule has 1 aromatic carbocycles. The van der Waals surface area contributed by atoms with Gasteiger partial charge in [0.1, 0.15) is 0 Å². The van der Waals surface area contributed by atoms with Crippen molar-refractivity contribution in [1.82, 2.24) is 4.90 Å². The number of nitrogens with zero attached hydrogens (tertiary/aromatic N) is 2. The summed E-state index contributed by atoms with van der Waals surface area (Å²) in [5, 5.41) is 8.94. The lowest BCUT2D eigenvalue weighted by Gasteiger charge is -2.22. The summed E-state index contributed by atoms with van der Waals surface area (Å²) in [6.07, 6.45) is 2.45. The highest BCUT2D eigenvalue weighted by Gasteiger charge is 2.27. The number of hydrogen-bond donors (Lipinski definition) is 0. The van der Waals surface area contributed by atoms with Crippen molar-refractivity contribution in [2.45, 2.75) is 26.2 Å².